The van der Waals surface area contributed by atoms with Crippen molar-refractivity contribution in [3.8, 4) is 12.1 Å². The van der Waals surface area contributed by atoms with Gasteiger partial charge in [0.15, 0.2) is 0 Å². The zero-order valence-corrected chi connectivity index (χ0v) is 9.07. The van der Waals surface area contributed by atoms with E-state index in [-0.39, 0.29) is 0 Å². The number of hydrogen-bond donors (Lipinski definition) is 0. The molecule has 1 saturated carbocycles. The van der Waals surface area contributed by atoms with Gasteiger partial charge in [-0.25, -0.2) is 0 Å². The molecule has 1 fully saturated rings. The third-order valence-corrected chi connectivity index (χ3v) is 1.92. The summed E-state index contributed by atoms with van der Waals surface area (Å²) in [6.45, 7) is 0. The second kappa shape index (κ2) is 9.67. The molecule has 0 aromatic carbocycles. The van der Waals surface area contributed by atoms with Gasteiger partial charge in [0.05, 0.1) is 12.1 Å². The van der Waals surface area contributed by atoms with Crippen molar-refractivity contribution in [3.63, 3.8) is 0 Å². The summed E-state index contributed by atoms with van der Waals surface area (Å²) in [5.74, 6) is -1.85. The molecule has 0 N–H and O–H groups in total. The van der Waals surface area contributed by atoms with Crippen LogP contribution >= 0.6 is 0 Å². The molecule has 0 saturated heterocycles. The van der Waals surface area contributed by atoms with Crippen molar-refractivity contribution >= 4 is 11.9 Å². The Labute approximate surface area is 94.6 Å². The summed E-state index contributed by atoms with van der Waals surface area (Å²) in [6.07, 6.45) is 6.55. The summed E-state index contributed by atoms with van der Waals surface area (Å²) in [4.78, 5) is 20.7. The maximum Gasteiger partial charge on any atom is 0.327 e. The quantitative estimate of drug-likeness (QED) is 0.525. The second-order valence-corrected chi connectivity index (χ2v) is 3.28. The van der Waals surface area contributed by atoms with Gasteiger partial charge in [0.25, 0.3) is 0 Å². The van der Waals surface area contributed by atoms with E-state index in [0.717, 1.165) is 0 Å². The largest absolute Gasteiger partial charge is 0.392 e. The molecule has 0 spiro atoms. The van der Waals surface area contributed by atoms with Gasteiger partial charge in [0.1, 0.15) is 12.8 Å². The zero-order chi connectivity index (χ0) is 12.2. The topological polar surface area (TPSA) is 90.9 Å². The fourth-order valence-corrected chi connectivity index (χ4v) is 1.21. The molecule has 0 amide bonds. The van der Waals surface area contributed by atoms with Crippen LogP contribution in [0.1, 0.15) is 44.9 Å². The van der Waals surface area contributed by atoms with E-state index in [0.29, 0.717) is 0 Å². The highest BCUT2D eigenvalue weighted by molar-refractivity contribution is 5.87. The molecule has 0 aromatic heterocycles. The molecule has 0 heterocycles. The summed E-state index contributed by atoms with van der Waals surface area (Å²) in [5, 5.41) is 15.9. The summed E-state index contributed by atoms with van der Waals surface area (Å²) in [5.41, 5.74) is 0. The van der Waals surface area contributed by atoms with Crippen LogP contribution in [0.4, 0.5) is 0 Å². The average molecular weight is 222 g/mol. The summed E-state index contributed by atoms with van der Waals surface area (Å²) in [6, 6.07) is 3.01. The number of carbonyl (C=O) groups excluding carboxylic acids is 2. The minimum Gasteiger partial charge on any atom is -0.392 e. The van der Waals surface area contributed by atoms with Crippen molar-refractivity contribution in [1.82, 2.24) is 0 Å². The van der Waals surface area contributed by atoms with Crippen LogP contribution in [0.25, 0.3) is 0 Å². The van der Waals surface area contributed by atoms with E-state index in [4.69, 9.17) is 10.5 Å². The predicted molar refractivity (Wildman–Crippen MR) is 54.6 cm³/mol. The van der Waals surface area contributed by atoms with Gasteiger partial charge >= 0.3 is 11.9 Å². The standard InChI is InChI=1S/C6H4N2O3.C5H10/c7-3-1-5(9)11-6(10)2-4-8;1-2-4-5-3-1/h1-2H2;1-5H2. The predicted octanol–water partition coefficient (Wildman–Crippen LogP) is 1.83. The van der Waals surface area contributed by atoms with E-state index >= 15 is 0 Å². The van der Waals surface area contributed by atoms with Gasteiger partial charge in [-0.3, -0.25) is 9.59 Å². The van der Waals surface area contributed by atoms with E-state index < -0.39 is 24.8 Å². The molecule has 0 atom stereocenters. The van der Waals surface area contributed by atoms with Crippen molar-refractivity contribution in [2.24, 2.45) is 0 Å². The van der Waals surface area contributed by atoms with Crippen LogP contribution in [0.15, 0.2) is 0 Å². The number of nitriles is 2. The van der Waals surface area contributed by atoms with Crippen molar-refractivity contribution < 1.29 is 14.3 Å². The zero-order valence-electron chi connectivity index (χ0n) is 9.07. The highest BCUT2D eigenvalue weighted by Crippen LogP contribution is 2.15. The van der Waals surface area contributed by atoms with Gasteiger partial charge in [-0.1, -0.05) is 32.1 Å². The Kier molecular flexibility index (Phi) is 8.53. The third kappa shape index (κ3) is 8.71. The number of esters is 2. The van der Waals surface area contributed by atoms with Gasteiger partial charge < -0.3 is 4.74 Å². The first kappa shape index (κ1) is 14.1. The van der Waals surface area contributed by atoms with Gasteiger partial charge in [-0.15, -0.1) is 0 Å². The van der Waals surface area contributed by atoms with Gasteiger partial charge in [-0.05, 0) is 0 Å². The van der Waals surface area contributed by atoms with Crippen LogP contribution < -0.4 is 0 Å². The van der Waals surface area contributed by atoms with Crippen LogP contribution in [0, 0.1) is 22.7 Å². The van der Waals surface area contributed by atoms with Crippen molar-refractivity contribution in [2.45, 2.75) is 44.9 Å². The molecular formula is C11H14N2O3. The van der Waals surface area contributed by atoms with Crippen LogP contribution in [0.2, 0.25) is 0 Å². The van der Waals surface area contributed by atoms with Gasteiger partial charge in [-0.2, -0.15) is 10.5 Å². The summed E-state index contributed by atoms with van der Waals surface area (Å²) in [7, 11) is 0. The molecule has 5 nitrogen and oxygen atoms in total. The molecule has 0 radical (unpaired) electrons. The molecule has 0 aliphatic heterocycles. The maximum absolute atomic E-state index is 10.4. The van der Waals surface area contributed by atoms with Gasteiger partial charge in [0.2, 0.25) is 0 Å². The van der Waals surface area contributed by atoms with Crippen LogP contribution in [-0.2, 0) is 14.3 Å². The summed E-state index contributed by atoms with van der Waals surface area (Å²) < 4.78 is 4.01. The SMILES string of the molecule is C1CCCC1.N#CCC(=O)OC(=O)CC#N. The third-order valence-electron chi connectivity index (χ3n) is 1.92. The summed E-state index contributed by atoms with van der Waals surface area (Å²) >= 11 is 0. The van der Waals surface area contributed by atoms with Crippen molar-refractivity contribution in [3.05, 3.63) is 0 Å². The molecule has 5 heteroatoms. The molecule has 0 unspecified atom stereocenters. The Morgan fingerprint density at radius 2 is 1.19 bits per heavy atom. The van der Waals surface area contributed by atoms with Crippen molar-refractivity contribution in [1.29, 1.82) is 10.5 Å². The molecule has 1 aliphatic rings. The Bertz CT molecular complexity index is 275. The molecular weight excluding hydrogens is 208 g/mol. The maximum atomic E-state index is 10.4. The number of carbonyl (C=O) groups is 2. The molecule has 0 bridgehead atoms. The first-order valence-corrected chi connectivity index (χ1v) is 5.18. The normalized spacial score (nSPS) is 12.6. The number of hydrogen-bond acceptors (Lipinski definition) is 5. The van der Waals surface area contributed by atoms with Crippen molar-refractivity contribution in [2.75, 3.05) is 0 Å². The minimum absolute atomic E-state index is 0.475. The van der Waals surface area contributed by atoms with Crippen LogP contribution in [0.3, 0.4) is 0 Å². The lowest BCUT2D eigenvalue weighted by Gasteiger charge is -1.93. The molecule has 16 heavy (non-hydrogen) atoms. The van der Waals surface area contributed by atoms with E-state index in [1.165, 1.54) is 44.2 Å². The monoisotopic (exact) mass is 222 g/mol. The molecule has 86 valence electrons. The second-order valence-electron chi connectivity index (χ2n) is 3.28. The number of ether oxygens (including phenoxy) is 1. The highest BCUT2D eigenvalue weighted by Gasteiger charge is 2.08. The molecule has 0 aromatic rings. The first-order chi connectivity index (χ1) is 7.70. The Morgan fingerprint density at radius 3 is 1.44 bits per heavy atom. The van der Waals surface area contributed by atoms with E-state index in [9.17, 15) is 9.59 Å². The lowest BCUT2D eigenvalue weighted by Crippen LogP contribution is -2.10. The fourth-order valence-electron chi connectivity index (χ4n) is 1.21. The first-order valence-electron chi connectivity index (χ1n) is 5.18. The molecule has 1 rings (SSSR count). The number of rotatable bonds is 2. The van der Waals surface area contributed by atoms with Crippen LogP contribution in [0.5, 0.6) is 0 Å². The van der Waals surface area contributed by atoms with E-state index in [1.54, 1.807) is 0 Å². The highest BCUT2D eigenvalue weighted by atomic mass is 16.6. The smallest absolute Gasteiger partial charge is 0.327 e. The Morgan fingerprint density at radius 1 is 0.875 bits per heavy atom. The Hall–Kier alpha value is -1.88. The number of nitrogens with zero attached hydrogens (tertiary/aromatic N) is 2. The minimum atomic E-state index is -0.923. The fraction of sp³-hybridized carbons (Fsp3) is 0.636. The van der Waals surface area contributed by atoms with Crippen LogP contribution in [-0.4, -0.2) is 11.9 Å². The lowest BCUT2D eigenvalue weighted by molar-refractivity contribution is -0.158. The average Bonchev–Trinajstić information content (AvgIpc) is 2.75. The molecule has 1 aliphatic carbocycles. The van der Waals surface area contributed by atoms with Gasteiger partial charge in [0, 0.05) is 0 Å². The Balaban J connectivity index is 0.000000368. The lowest BCUT2D eigenvalue weighted by atomic mass is 10.4. The van der Waals surface area contributed by atoms with E-state index in [2.05, 4.69) is 4.74 Å². The van der Waals surface area contributed by atoms with E-state index in [1.807, 2.05) is 0 Å².